The van der Waals surface area contributed by atoms with E-state index in [0.717, 1.165) is 72.3 Å². The molecule has 0 radical (unpaired) electrons. The van der Waals surface area contributed by atoms with Crippen LogP contribution < -0.4 is 0 Å². The number of rotatable bonds is 5. The van der Waals surface area contributed by atoms with Crippen LogP contribution in [0.3, 0.4) is 0 Å². The van der Waals surface area contributed by atoms with Crippen molar-refractivity contribution in [3.63, 3.8) is 0 Å². The summed E-state index contributed by atoms with van der Waals surface area (Å²) in [5, 5.41) is 4.55. The Kier molecular flexibility index (Phi) is 6.46. The average molecular weight is 640 g/mol. The Morgan fingerprint density at radius 1 is 0.400 bits per heavy atom. The normalized spacial score (nSPS) is 11.6. The van der Waals surface area contributed by atoms with E-state index in [1.54, 1.807) is 0 Å². The lowest BCUT2D eigenvalue weighted by Gasteiger charge is -2.13. The molecule has 0 bridgehead atoms. The summed E-state index contributed by atoms with van der Waals surface area (Å²) in [4.78, 5) is 10.5. The Morgan fingerprint density at radius 2 is 1.02 bits per heavy atom. The SMILES string of the molecule is c1ccc(-c2ccc(-c3nc(-c4ccc5oc6ccccc6c5c4)cc(-c4cccc5c6ccccc6n(-c6ccccc6)c45)n3)cc2)cc1. The summed E-state index contributed by atoms with van der Waals surface area (Å²) in [6.07, 6.45) is 0. The predicted octanol–water partition coefficient (Wildman–Crippen LogP) is 12.1. The van der Waals surface area contributed by atoms with Gasteiger partial charge in [-0.25, -0.2) is 9.97 Å². The molecule has 4 heteroatoms. The molecule has 0 unspecified atom stereocenters. The Labute approximate surface area is 288 Å². The molecule has 0 aliphatic rings. The van der Waals surface area contributed by atoms with E-state index in [-0.39, 0.29) is 0 Å². The molecule has 0 spiro atoms. The van der Waals surface area contributed by atoms with E-state index >= 15 is 0 Å². The van der Waals surface area contributed by atoms with Gasteiger partial charge in [-0.05, 0) is 59.7 Å². The molecule has 50 heavy (non-hydrogen) atoms. The summed E-state index contributed by atoms with van der Waals surface area (Å²) in [6, 6.07) is 61.4. The quantitative estimate of drug-likeness (QED) is 0.188. The fourth-order valence-corrected chi connectivity index (χ4v) is 7.26. The lowest BCUT2D eigenvalue weighted by molar-refractivity contribution is 0.669. The molecular formula is C46H29N3O. The summed E-state index contributed by atoms with van der Waals surface area (Å²) in [7, 11) is 0. The summed E-state index contributed by atoms with van der Waals surface area (Å²) in [6.45, 7) is 0. The number of benzene rings is 7. The Morgan fingerprint density at radius 3 is 1.86 bits per heavy atom. The van der Waals surface area contributed by atoms with Gasteiger partial charge < -0.3 is 8.98 Å². The van der Waals surface area contributed by atoms with Crippen molar-refractivity contribution >= 4 is 43.7 Å². The molecule has 0 aliphatic carbocycles. The smallest absolute Gasteiger partial charge is 0.160 e. The summed E-state index contributed by atoms with van der Waals surface area (Å²) in [5.74, 6) is 0.675. The number of para-hydroxylation sites is 4. The number of aromatic nitrogens is 3. The maximum atomic E-state index is 6.17. The van der Waals surface area contributed by atoms with Crippen molar-refractivity contribution in [1.82, 2.24) is 14.5 Å². The van der Waals surface area contributed by atoms with Crippen LogP contribution in [0.1, 0.15) is 0 Å². The van der Waals surface area contributed by atoms with Gasteiger partial charge in [0.15, 0.2) is 5.82 Å². The first-order valence-electron chi connectivity index (χ1n) is 16.8. The van der Waals surface area contributed by atoms with E-state index in [0.29, 0.717) is 5.82 Å². The largest absolute Gasteiger partial charge is 0.456 e. The molecule has 0 amide bonds. The molecule has 234 valence electrons. The monoisotopic (exact) mass is 639 g/mol. The molecule has 4 nitrogen and oxygen atoms in total. The highest BCUT2D eigenvalue weighted by atomic mass is 16.3. The van der Waals surface area contributed by atoms with Crippen molar-refractivity contribution in [3.05, 3.63) is 176 Å². The second-order valence-corrected chi connectivity index (χ2v) is 12.6. The van der Waals surface area contributed by atoms with Gasteiger partial charge in [-0.3, -0.25) is 0 Å². The highest BCUT2D eigenvalue weighted by molar-refractivity contribution is 6.13. The maximum Gasteiger partial charge on any atom is 0.160 e. The van der Waals surface area contributed by atoms with Crippen LogP contribution in [0.25, 0.3) is 94.5 Å². The summed E-state index contributed by atoms with van der Waals surface area (Å²) in [5.41, 5.74) is 12.2. The molecule has 0 aliphatic heterocycles. The zero-order valence-corrected chi connectivity index (χ0v) is 27.0. The number of fused-ring (bicyclic) bond motifs is 6. The Balaban J connectivity index is 1.22. The molecule has 3 heterocycles. The lowest BCUT2D eigenvalue weighted by Crippen LogP contribution is -1.99. The topological polar surface area (TPSA) is 43.9 Å². The number of nitrogens with zero attached hydrogens (tertiary/aromatic N) is 3. The molecule has 0 atom stereocenters. The molecule has 10 rings (SSSR count). The Bertz CT molecular complexity index is 2850. The first-order chi connectivity index (χ1) is 24.8. The molecule has 7 aromatic carbocycles. The van der Waals surface area contributed by atoms with Crippen LogP contribution in [-0.2, 0) is 0 Å². The number of hydrogen-bond donors (Lipinski definition) is 0. The van der Waals surface area contributed by atoms with Gasteiger partial charge in [0.2, 0.25) is 0 Å². The van der Waals surface area contributed by atoms with Gasteiger partial charge in [0, 0.05) is 43.9 Å². The first-order valence-corrected chi connectivity index (χ1v) is 16.8. The molecule has 0 N–H and O–H groups in total. The minimum absolute atomic E-state index is 0.675. The highest BCUT2D eigenvalue weighted by Crippen LogP contribution is 2.39. The standard InChI is InChI=1S/C46H29N3O/c1-3-12-30(13-4-1)31-22-24-32(25-23-31)46-47-40(33-26-27-44-39(28-33)36-17-8-10-21-43(36)50-44)29-41(48-46)38-19-11-18-37-35-16-7-9-20-42(35)49(45(37)38)34-14-5-2-6-15-34/h1-29H. The van der Waals surface area contributed by atoms with Crippen LogP contribution in [0, 0.1) is 0 Å². The van der Waals surface area contributed by atoms with Crippen molar-refractivity contribution in [3.8, 4) is 50.7 Å². The molecular weight excluding hydrogens is 611 g/mol. The van der Waals surface area contributed by atoms with E-state index in [4.69, 9.17) is 14.4 Å². The van der Waals surface area contributed by atoms with E-state index in [1.807, 2.05) is 18.2 Å². The van der Waals surface area contributed by atoms with Gasteiger partial charge in [-0.1, -0.05) is 127 Å². The van der Waals surface area contributed by atoms with Gasteiger partial charge in [-0.15, -0.1) is 0 Å². The van der Waals surface area contributed by atoms with Gasteiger partial charge in [0.25, 0.3) is 0 Å². The molecule has 3 aromatic heterocycles. The fraction of sp³-hybridized carbons (Fsp3) is 0. The third kappa shape index (κ3) is 4.61. The zero-order chi connectivity index (χ0) is 33.0. The highest BCUT2D eigenvalue weighted by Gasteiger charge is 2.19. The van der Waals surface area contributed by atoms with Crippen LogP contribution in [0.15, 0.2) is 180 Å². The van der Waals surface area contributed by atoms with Gasteiger partial charge >= 0.3 is 0 Å². The minimum atomic E-state index is 0.675. The van der Waals surface area contributed by atoms with E-state index in [1.165, 1.54) is 16.3 Å². The summed E-state index contributed by atoms with van der Waals surface area (Å²) < 4.78 is 8.53. The lowest BCUT2D eigenvalue weighted by atomic mass is 10.0. The van der Waals surface area contributed by atoms with Crippen molar-refractivity contribution < 1.29 is 4.42 Å². The third-order valence-corrected chi connectivity index (χ3v) is 9.63. The van der Waals surface area contributed by atoms with E-state index in [2.05, 4.69) is 162 Å². The molecule has 0 saturated heterocycles. The van der Waals surface area contributed by atoms with Crippen LogP contribution in [0.4, 0.5) is 0 Å². The van der Waals surface area contributed by atoms with E-state index in [9.17, 15) is 0 Å². The molecule has 0 saturated carbocycles. The maximum absolute atomic E-state index is 6.17. The van der Waals surface area contributed by atoms with Crippen molar-refractivity contribution in [1.29, 1.82) is 0 Å². The average Bonchev–Trinajstić information content (AvgIpc) is 3.74. The van der Waals surface area contributed by atoms with Crippen LogP contribution in [0.5, 0.6) is 0 Å². The molecule has 0 fully saturated rings. The minimum Gasteiger partial charge on any atom is -0.456 e. The number of furan rings is 1. The second-order valence-electron chi connectivity index (χ2n) is 12.6. The Hall–Kier alpha value is -6.78. The third-order valence-electron chi connectivity index (χ3n) is 9.63. The van der Waals surface area contributed by atoms with E-state index < -0.39 is 0 Å². The second kappa shape index (κ2) is 11.4. The fourth-order valence-electron chi connectivity index (χ4n) is 7.26. The first kappa shape index (κ1) is 28.3. The predicted molar refractivity (Wildman–Crippen MR) is 205 cm³/mol. The van der Waals surface area contributed by atoms with Crippen molar-refractivity contribution in [2.75, 3.05) is 0 Å². The van der Waals surface area contributed by atoms with Crippen molar-refractivity contribution in [2.24, 2.45) is 0 Å². The van der Waals surface area contributed by atoms with Gasteiger partial charge in [0.1, 0.15) is 11.2 Å². The van der Waals surface area contributed by atoms with Crippen LogP contribution >= 0.6 is 0 Å². The summed E-state index contributed by atoms with van der Waals surface area (Å²) >= 11 is 0. The van der Waals surface area contributed by atoms with Gasteiger partial charge in [-0.2, -0.15) is 0 Å². The zero-order valence-electron chi connectivity index (χ0n) is 27.0. The van der Waals surface area contributed by atoms with Gasteiger partial charge in [0.05, 0.1) is 22.4 Å². The molecule has 10 aromatic rings. The van der Waals surface area contributed by atoms with Crippen molar-refractivity contribution in [2.45, 2.75) is 0 Å². The van der Waals surface area contributed by atoms with Crippen LogP contribution in [-0.4, -0.2) is 14.5 Å². The number of hydrogen-bond acceptors (Lipinski definition) is 3. The van der Waals surface area contributed by atoms with Crippen LogP contribution in [0.2, 0.25) is 0 Å².